The Labute approximate surface area is 101 Å². The summed E-state index contributed by atoms with van der Waals surface area (Å²) in [4.78, 5) is 13.4. The Kier molecular flexibility index (Phi) is 3.95. The second-order valence-corrected chi connectivity index (χ2v) is 4.06. The molecule has 1 saturated heterocycles. The molecule has 1 aliphatic rings. The predicted octanol–water partition coefficient (Wildman–Crippen LogP) is 0.814. The van der Waals surface area contributed by atoms with Gasteiger partial charge in [0, 0.05) is 26.2 Å². The molecule has 1 amide bonds. The number of nitrogens with zero attached hydrogens (tertiary/aromatic N) is 2. The number of benzene rings is 1. The summed E-state index contributed by atoms with van der Waals surface area (Å²) < 4.78 is 5.23. The Hall–Kier alpha value is -1.59. The van der Waals surface area contributed by atoms with E-state index in [0.29, 0.717) is 32.8 Å². The van der Waals surface area contributed by atoms with Crippen LogP contribution in [0.3, 0.4) is 0 Å². The number of piperazine rings is 1. The summed E-state index contributed by atoms with van der Waals surface area (Å²) in [6.07, 6.45) is -0.262. The number of amides is 1. The average Bonchev–Trinajstić information content (AvgIpc) is 2.38. The van der Waals surface area contributed by atoms with E-state index in [1.807, 2.05) is 30.3 Å². The molecule has 0 bridgehead atoms. The van der Waals surface area contributed by atoms with Crippen LogP contribution in [0.5, 0.6) is 0 Å². The highest BCUT2D eigenvalue weighted by Crippen LogP contribution is 2.05. The lowest BCUT2D eigenvalue weighted by atomic mass is 10.2. The Morgan fingerprint density at radius 1 is 1.18 bits per heavy atom. The van der Waals surface area contributed by atoms with Crippen LogP contribution in [0.25, 0.3) is 0 Å². The molecule has 0 saturated carbocycles. The molecule has 0 unspecified atom stereocenters. The maximum atomic E-state index is 11.7. The van der Waals surface area contributed by atoms with Gasteiger partial charge in [-0.1, -0.05) is 30.3 Å². The van der Waals surface area contributed by atoms with Gasteiger partial charge in [-0.15, -0.1) is 0 Å². The Morgan fingerprint density at radius 2 is 1.82 bits per heavy atom. The highest BCUT2D eigenvalue weighted by molar-refractivity contribution is 5.67. The summed E-state index contributed by atoms with van der Waals surface area (Å²) in [5, 5.41) is 1.71. The molecule has 5 heteroatoms. The zero-order chi connectivity index (χ0) is 12.1. The molecule has 92 valence electrons. The minimum absolute atomic E-state index is 0.262. The van der Waals surface area contributed by atoms with Gasteiger partial charge in [0.2, 0.25) is 0 Å². The van der Waals surface area contributed by atoms with Gasteiger partial charge >= 0.3 is 6.09 Å². The average molecular weight is 235 g/mol. The molecule has 0 aliphatic carbocycles. The molecule has 17 heavy (non-hydrogen) atoms. The molecule has 1 heterocycles. The predicted molar refractivity (Wildman–Crippen MR) is 64.0 cm³/mol. The highest BCUT2D eigenvalue weighted by atomic mass is 16.6. The number of nitrogens with two attached hydrogens (primary N) is 1. The molecule has 1 fully saturated rings. The van der Waals surface area contributed by atoms with E-state index in [0.717, 1.165) is 5.56 Å². The van der Waals surface area contributed by atoms with E-state index in [9.17, 15) is 4.79 Å². The summed E-state index contributed by atoms with van der Waals surface area (Å²) in [5.41, 5.74) is 0.998. The lowest BCUT2D eigenvalue weighted by Crippen LogP contribution is -2.51. The van der Waals surface area contributed by atoms with Crippen LogP contribution >= 0.6 is 0 Å². The van der Waals surface area contributed by atoms with Crippen LogP contribution in [0.1, 0.15) is 5.56 Å². The van der Waals surface area contributed by atoms with Crippen molar-refractivity contribution in [1.29, 1.82) is 0 Å². The van der Waals surface area contributed by atoms with Crippen molar-refractivity contribution in [2.45, 2.75) is 6.61 Å². The number of hydrazine groups is 1. The fourth-order valence-corrected chi connectivity index (χ4v) is 1.72. The molecule has 1 aliphatic heterocycles. The number of hydrogen-bond donors (Lipinski definition) is 1. The van der Waals surface area contributed by atoms with Crippen molar-refractivity contribution >= 4 is 6.09 Å². The molecular formula is C12H17N3O2. The third kappa shape index (κ3) is 3.44. The van der Waals surface area contributed by atoms with Gasteiger partial charge in [-0.2, -0.15) is 0 Å². The summed E-state index contributed by atoms with van der Waals surface area (Å²) in [7, 11) is 0. The maximum absolute atomic E-state index is 11.7. The molecule has 0 spiro atoms. The van der Waals surface area contributed by atoms with E-state index < -0.39 is 0 Å². The lowest BCUT2D eigenvalue weighted by molar-refractivity contribution is 0.0718. The molecule has 2 rings (SSSR count). The fraction of sp³-hybridized carbons (Fsp3) is 0.417. The highest BCUT2D eigenvalue weighted by Gasteiger charge is 2.20. The van der Waals surface area contributed by atoms with Crippen molar-refractivity contribution in [1.82, 2.24) is 9.91 Å². The summed E-state index contributed by atoms with van der Waals surface area (Å²) in [5.74, 6) is 5.62. The van der Waals surface area contributed by atoms with Crippen LogP contribution in [0.2, 0.25) is 0 Å². The summed E-state index contributed by atoms with van der Waals surface area (Å²) >= 11 is 0. The second kappa shape index (κ2) is 5.65. The number of carbonyl (C=O) groups excluding carboxylic acids is 1. The molecule has 0 atom stereocenters. The van der Waals surface area contributed by atoms with E-state index >= 15 is 0 Å². The van der Waals surface area contributed by atoms with Crippen molar-refractivity contribution in [2.24, 2.45) is 5.84 Å². The van der Waals surface area contributed by atoms with Crippen molar-refractivity contribution in [3.05, 3.63) is 35.9 Å². The van der Waals surface area contributed by atoms with Crippen molar-refractivity contribution in [2.75, 3.05) is 26.2 Å². The quantitative estimate of drug-likeness (QED) is 0.771. The largest absolute Gasteiger partial charge is 0.445 e. The fourth-order valence-electron chi connectivity index (χ4n) is 1.72. The first-order chi connectivity index (χ1) is 8.25. The van der Waals surface area contributed by atoms with Gasteiger partial charge in [-0.3, -0.25) is 5.84 Å². The van der Waals surface area contributed by atoms with Crippen LogP contribution in [0, 0.1) is 0 Å². The van der Waals surface area contributed by atoms with E-state index in [1.54, 1.807) is 9.91 Å². The van der Waals surface area contributed by atoms with Crippen molar-refractivity contribution < 1.29 is 9.53 Å². The number of carbonyl (C=O) groups is 1. The number of ether oxygens (including phenoxy) is 1. The standard InChI is InChI=1S/C12H17N3O2/c13-15-8-6-14(7-9-15)12(16)17-10-11-4-2-1-3-5-11/h1-5H,6-10,13H2. The van der Waals surface area contributed by atoms with Crippen molar-refractivity contribution in [3.8, 4) is 0 Å². The smallest absolute Gasteiger partial charge is 0.410 e. The Bertz CT molecular complexity index is 361. The van der Waals surface area contributed by atoms with Gasteiger partial charge in [-0.05, 0) is 5.56 Å². The van der Waals surface area contributed by atoms with E-state index in [1.165, 1.54) is 0 Å². The van der Waals surface area contributed by atoms with Gasteiger partial charge in [0.1, 0.15) is 6.61 Å². The van der Waals surface area contributed by atoms with Gasteiger partial charge in [-0.25, -0.2) is 9.80 Å². The first-order valence-corrected chi connectivity index (χ1v) is 5.71. The first kappa shape index (κ1) is 11.9. The van der Waals surface area contributed by atoms with E-state index in [2.05, 4.69) is 0 Å². The van der Waals surface area contributed by atoms with Crippen molar-refractivity contribution in [3.63, 3.8) is 0 Å². The molecule has 2 N–H and O–H groups in total. The minimum Gasteiger partial charge on any atom is -0.445 e. The zero-order valence-corrected chi connectivity index (χ0v) is 9.71. The zero-order valence-electron chi connectivity index (χ0n) is 9.71. The van der Waals surface area contributed by atoms with Crippen LogP contribution in [0.4, 0.5) is 4.79 Å². The van der Waals surface area contributed by atoms with Crippen LogP contribution in [-0.2, 0) is 11.3 Å². The molecule has 1 aromatic rings. The third-order valence-corrected chi connectivity index (χ3v) is 2.78. The number of rotatable bonds is 2. The SMILES string of the molecule is NN1CCN(C(=O)OCc2ccccc2)CC1. The second-order valence-electron chi connectivity index (χ2n) is 4.06. The van der Waals surface area contributed by atoms with Gasteiger partial charge in [0.05, 0.1) is 0 Å². The van der Waals surface area contributed by atoms with E-state index in [-0.39, 0.29) is 6.09 Å². The normalized spacial score (nSPS) is 16.9. The number of hydrogen-bond acceptors (Lipinski definition) is 4. The summed E-state index contributed by atoms with van der Waals surface area (Å²) in [6.45, 7) is 2.97. The Morgan fingerprint density at radius 3 is 2.47 bits per heavy atom. The van der Waals surface area contributed by atoms with Gasteiger partial charge in [0.15, 0.2) is 0 Å². The van der Waals surface area contributed by atoms with Crippen LogP contribution in [-0.4, -0.2) is 42.2 Å². The van der Waals surface area contributed by atoms with Crippen LogP contribution in [0.15, 0.2) is 30.3 Å². The molecular weight excluding hydrogens is 218 g/mol. The van der Waals surface area contributed by atoms with Gasteiger partial charge in [0.25, 0.3) is 0 Å². The molecule has 0 radical (unpaired) electrons. The first-order valence-electron chi connectivity index (χ1n) is 5.71. The lowest BCUT2D eigenvalue weighted by Gasteiger charge is -2.31. The molecule has 1 aromatic carbocycles. The third-order valence-electron chi connectivity index (χ3n) is 2.78. The van der Waals surface area contributed by atoms with Crippen LogP contribution < -0.4 is 5.84 Å². The molecule has 0 aromatic heterocycles. The maximum Gasteiger partial charge on any atom is 0.410 e. The Balaban J connectivity index is 1.78. The minimum atomic E-state index is -0.262. The molecule has 5 nitrogen and oxygen atoms in total. The van der Waals surface area contributed by atoms with Gasteiger partial charge < -0.3 is 9.64 Å². The monoisotopic (exact) mass is 235 g/mol. The summed E-state index contributed by atoms with van der Waals surface area (Å²) in [6, 6.07) is 9.66. The van der Waals surface area contributed by atoms with E-state index in [4.69, 9.17) is 10.6 Å². The topological polar surface area (TPSA) is 58.8 Å².